The number of fused-ring (bicyclic) bond motifs is 4. The molecule has 0 radical (unpaired) electrons. The molecule has 0 aromatic heterocycles. The maximum Gasteiger partial charge on any atom is 0.260 e. The number of hydrogen-bond donors (Lipinski definition) is 2. The number of benzene rings is 5. The summed E-state index contributed by atoms with van der Waals surface area (Å²) in [5.41, 5.74) is 6.08. The van der Waals surface area contributed by atoms with Crippen LogP contribution in [0.15, 0.2) is 133 Å². The van der Waals surface area contributed by atoms with Gasteiger partial charge in [0.1, 0.15) is 17.2 Å². The van der Waals surface area contributed by atoms with E-state index in [4.69, 9.17) is 9.47 Å². The quantitative estimate of drug-likeness (QED) is 0.0906. The average molecular weight is 788 g/mol. The van der Waals surface area contributed by atoms with E-state index >= 15 is 9.59 Å². The lowest BCUT2D eigenvalue weighted by atomic mass is 9.49. The number of allylic oxidation sites excluding steroid dienone is 2. The fourth-order valence-electron chi connectivity index (χ4n) is 10.0. The topological polar surface area (TPSA) is 143 Å². The van der Waals surface area contributed by atoms with E-state index in [0.717, 1.165) is 10.6 Å². The molecule has 4 aliphatic rings. The third-order valence-corrected chi connectivity index (χ3v) is 12.6. The van der Waals surface area contributed by atoms with Gasteiger partial charge in [0.05, 0.1) is 48.8 Å². The number of aryl methyl sites for hydroxylation is 1. The van der Waals surface area contributed by atoms with Crippen molar-refractivity contribution in [1.29, 1.82) is 0 Å². The molecule has 296 valence electrons. The Balaban J connectivity index is 1.19. The van der Waals surface area contributed by atoms with Crippen LogP contribution < -0.4 is 19.8 Å². The van der Waals surface area contributed by atoms with Crippen LogP contribution >= 0.6 is 0 Å². The highest BCUT2D eigenvalue weighted by molar-refractivity contribution is 6.23. The number of methoxy groups -OCH3 is 2. The maximum atomic E-state index is 15.5. The lowest BCUT2D eigenvalue weighted by molar-refractivity contribution is -0.138. The van der Waals surface area contributed by atoms with Gasteiger partial charge < -0.3 is 14.6 Å². The van der Waals surface area contributed by atoms with Crippen molar-refractivity contribution >= 4 is 40.8 Å². The molecule has 2 aliphatic heterocycles. The number of ether oxygens (including phenoxy) is 2. The number of carbonyl (C=O) groups excluding carboxylic acids is 5. The molecule has 5 aromatic rings. The number of nitrogens with zero attached hydrogens (tertiary/aromatic N) is 2. The average Bonchev–Trinajstić information content (AvgIpc) is 3.65. The van der Waals surface area contributed by atoms with Gasteiger partial charge in [-0.25, -0.2) is 0 Å². The minimum atomic E-state index is -1.57. The molecule has 0 spiro atoms. The zero-order chi connectivity index (χ0) is 41.2. The first-order valence-corrected chi connectivity index (χ1v) is 19.6. The molecule has 0 bridgehead atoms. The molecule has 2 N–H and O–H groups in total. The molecule has 5 aromatic carbocycles. The van der Waals surface area contributed by atoms with Gasteiger partial charge >= 0.3 is 0 Å². The third kappa shape index (κ3) is 5.74. The number of aromatic hydroxyl groups is 1. The maximum absolute atomic E-state index is 15.5. The van der Waals surface area contributed by atoms with Crippen molar-refractivity contribution in [2.45, 2.75) is 31.1 Å². The summed E-state index contributed by atoms with van der Waals surface area (Å²) >= 11 is 0. The minimum absolute atomic E-state index is 0.0924. The lowest BCUT2D eigenvalue weighted by Crippen LogP contribution is -2.53. The number of anilines is 2. The van der Waals surface area contributed by atoms with Gasteiger partial charge in [0.15, 0.2) is 5.78 Å². The third-order valence-electron chi connectivity index (χ3n) is 12.6. The van der Waals surface area contributed by atoms with Gasteiger partial charge in [0.25, 0.3) is 11.8 Å². The van der Waals surface area contributed by atoms with E-state index in [9.17, 15) is 19.5 Å². The fourth-order valence-corrected chi connectivity index (χ4v) is 10.0. The Labute approximate surface area is 340 Å². The van der Waals surface area contributed by atoms with Crippen LogP contribution in [0, 0.1) is 30.6 Å². The number of nitrogens with one attached hydrogen (secondary N) is 1. The van der Waals surface area contributed by atoms with Crippen LogP contribution in [-0.2, 0) is 24.6 Å². The Hall–Kier alpha value is -7.01. The fraction of sp³-hybridized carbons (Fsp3) is 0.229. The van der Waals surface area contributed by atoms with Crippen molar-refractivity contribution in [3.63, 3.8) is 0 Å². The molecule has 1 saturated carbocycles. The van der Waals surface area contributed by atoms with E-state index in [0.29, 0.717) is 39.2 Å². The molecule has 2 saturated heterocycles. The second-order valence-electron chi connectivity index (χ2n) is 15.6. The van der Waals surface area contributed by atoms with Crippen molar-refractivity contribution in [3.05, 3.63) is 161 Å². The van der Waals surface area contributed by atoms with Crippen LogP contribution in [0.3, 0.4) is 0 Å². The zero-order valence-corrected chi connectivity index (χ0v) is 32.6. The van der Waals surface area contributed by atoms with Gasteiger partial charge in [0.2, 0.25) is 11.8 Å². The summed E-state index contributed by atoms with van der Waals surface area (Å²) in [5, 5.41) is 11.9. The SMILES string of the molecule is COc1cc(O)cc(OC)c1C1C2=CCC3C(=O)N(c4ccc(C(=O)c5ccccc5)cc4)C(=O)C3C2CC2C(=O)N(Nc3ccc(C)cc3)C(=O)C21c1ccccc1. The molecule has 2 heterocycles. The van der Waals surface area contributed by atoms with Gasteiger partial charge in [-0.2, -0.15) is 5.01 Å². The largest absolute Gasteiger partial charge is 0.508 e. The number of amides is 4. The van der Waals surface area contributed by atoms with E-state index in [-0.39, 0.29) is 41.8 Å². The van der Waals surface area contributed by atoms with E-state index in [1.165, 1.54) is 31.3 Å². The van der Waals surface area contributed by atoms with E-state index in [1.54, 1.807) is 60.7 Å². The van der Waals surface area contributed by atoms with Gasteiger partial charge in [0, 0.05) is 34.7 Å². The molecule has 2 aliphatic carbocycles. The predicted octanol–water partition coefficient (Wildman–Crippen LogP) is 7.14. The summed E-state index contributed by atoms with van der Waals surface area (Å²) in [6.07, 6.45) is 2.24. The molecular formula is C48H41N3O8. The minimum Gasteiger partial charge on any atom is -0.508 e. The van der Waals surface area contributed by atoms with Crippen LogP contribution in [0.5, 0.6) is 17.2 Å². The van der Waals surface area contributed by atoms with Crippen LogP contribution in [0.1, 0.15) is 51.4 Å². The molecule has 3 fully saturated rings. The van der Waals surface area contributed by atoms with Crippen LogP contribution in [0.25, 0.3) is 0 Å². The standard InChI is InChI=1S/C48H41N3O8/c1-27-14-18-31(19-15-27)49-51-45(55)37-26-36-34(42(41-38(58-2)24-33(52)25-39(41)59-3)48(37,47(51)57)30-12-8-5-9-13-30)22-23-35-40(36)46(56)50(44(35)54)32-20-16-29(17-21-32)43(53)28-10-6-4-7-11-28/h4-22,24-25,35-37,40,42,49,52H,23,26H2,1-3H3. The van der Waals surface area contributed by atoms with E-state index in [1.807, 2.05) is 61.5 Å². The van der Waals surface area contributed by atoms with Crippen LogP contribution in [0.2, 0.25) is 0 Å². The number of phenols is 1. The number of ketones is 1. The Morgan fingerprint density at radius 3 is 1.98 bits per heavy atom. The Morgan fingerprint density at radius 1 is 0.746 bits per heavy atom. The van der Waals surface area contributed by atoms with Gasteiger partial charge in [-0.15, -0.1) is 0 Å². The van der Waals surface area contributed by atoms with Crippen molar-refractivity contribution in [2.75, 3.05) is 24.5 Å². The van der Waals surface area contributed by atoms with Crippen molar-refractivity contribution in [3.8, 4) is 17.2 Å². The van der Waals surface area contributed by atoms with Gasteiger partial charge in [-0.1, -0.05) is 90.0 Å². The number of rotatable bonds is 9. The van der Waals surface area contributed by atoms with Crippen LogP contribution in [0.4, 0.5) is 11.4 Å². The predicted molar refractivity (Wildman–Crippen MR) is 219 cm³/mol. The molecule has 11 nitrogen and oxygen atoms in total. The summed E-state index contributed by atoms with van der Waals surface area (Å²) in [6, 6.07) is 34.7. The highest BCUT2D eigenvalue weighted by Crippen LogP contribution is 2.66. The molecule has 4 amide bonds. The zero-order valence-electron chi connectivity index (χ0n) is 32.6. The first-order chi connectivity index (χ1) is 28.6. The van der Waals surface area contributed by atoms with Crippen molar-refractivity contribution in [1.82, 2.24) is 5.01 Å². The second-order valence-corrected chi connectivity index (χ2v) is 15.6. The summed E-state index contributed by atoms with van der Waals surface area (Å²) in [5.74, 6) is -5.81. The summed E-state index contributed by atoms with van der Waals surface area (Å²) in [6.45, 7) is 1.94. The molecule has 9 rings (SSSR count). The number of imide groups is 2. The summed E-state index contributed by atoms with van der Waals surface area (Å²) < 4.78 is 11.9. The number of hydrogen-bond acceptors (Lipinski definition) is 9. The lowest BCUT2D eigenvalue weighted by Gasteiger charge is -2.51. The smallest absolute Gasteiger partial charge is 0.260 e. The first kappa shape index (κ1) is 37.6. The molecular weight excluding hydrogens is 747 g/mol. The Kier molecular flexibility index (Phi) is 9.18. The number of hydrazine groups is 1. The summed E-state index contributed by atoms with van der Waals surface area (Å²) in [7, 11) is 2.91. The molecule has 11 heteroatoms. The Bertz CT molecular complexity index is 2530. The first-order valence-electron chi connectivity index (χ1n) is 19.6. The van der Waals surface area contributed by atoms with E-state index < -0.39 is 52.7 Å². The van der Waals surface area contributed by atoms with Crippen LogP contribution in [-0.4, -0.2) is 53.7 Å². The number of carbonyl (C=O) groups is 5. The summed E-state index contributed by atoms with van der Waals surface area (Å²) in [4.78, 5) is 74.2. The second kappa shape index (κ2) is 14.4. The Morgan fingerprint density at radius 2 is 1.36 bits per heavy atom. The van der Waals surface area contributed by atoms with E-state index in [2.05, 4.69) is 5.43 Å². The highest BCUT2D eigenvalue weighted by Gasteiger charge is 2.71. The van der Waals surface area contributed by atoms with Crippen molar-refractivity contribution in [2.24, 2.45) is 23.7 Å². The molecule has 59 heavy (non-hydrogen) atoms. The number of phenolic OH excluding ortho intramolecular Hbond substituents is 1. The van der Waals surface area contributed by atoms with Crippen molar-refractivity contribution < 1.29 is 38.6 Å². The normalized spacial score (nSPS) is 24.6. The highest BCUT2D eigenvalue weighted by atomic mass is 16.5. The van der Waals surface area contributed by atoms with Gasteiger partial charge in [-0.3, -0.25) is 34.3 Å². The molecule has 6 atom stereocenters. The molecule has 6 unspecified atom stereocenters. The monoisotopic (exact) mass is 787 g/mol. The van der Waals surface area contributed by atoms with Gasteiger partial charge in [-0.05, 0) is 67.6 Å².